The third-order valence-electron chi connectivity index (χ3n) is 18.0. The van der Waals surface area contributed by atoms with Crippen molar-refractivity contribution in [2.45, 2.75) is 116 Å². The smallest absolute Gasteiger partial charge is 0.313 e. The van der Waals surface area contributed by atoms with Crippen molar-refractivity contribution in [3.63, 3.8) is 0 Å². The lowest BCUT2D eigenvalue weighted by atomic mass is 9.32. The van der Waals surface area contributed by atoms with Crippen LogP contribution in [-0.4, -0.2) is 56.6 Å². The number of carbonyl (C=O) groups is 3. The van der Waals surface area contributed by atoms with E-state index in [1.54, 1.807) is 11.3 Å². The van der Waals surface area contributed by atoms with Gasteiger partial charge in [0.15, 0.2) is 11.4 Å². The first kappa shape index (κ1) is 36.7. The molecule has 3 aromatic rings. The number of fused-ring (bicyclic) bond motifs is 4. The highest BCUT2D eigenvalue weighted by Crippen LogP contribution is 2.78. The Balaban J connectivity index is 1.07. The Hall–Kier alpha value is -3.59. The van der Waals surface area contributed by atoms with Gasteiger partial charge in [0.05, 0.1) is 28.5 Å². The maximum atomic E-state index is 15.2. The second-order valence-corrected chi connectivity index (χ2v) is 21.2. The zero-order valence-corrected chi connectivity index (χ0v) is 34.2. The molecule has 10 unspecified atom stereocenters. The number of nitrogens with zero attached hydrogens (tertiary/aromatic N) is 1. The van der Waals surface area contributed by atoms with Crippen molar-refractivity contribution >= 4 is 39.1 Å². The number of benzene rings is 2. The SMILES string of the molecule is CC12CCC(C(=O)N(Cc3ccccc3)CC3(O)CCC4C56C=CC7(C=C5C(=O)c5cc8ccccc8s5)CC(O)CCC7(C)C6CCC43C)(OC1=O)C2(C)C. The Bertz CT molecular complexity index is 2230. The van der Waals surface area contributed by atoms with Gasteiger partial charge in [-0.15, -0.1) is 11.3 Å². The summed E-state index contributed by atoms with van der Waals surface area (Å²) in [5.41, 5.74) is -4.04. The van der Waals surface area contributed by atoms with Crippen LogP contribution in [0.25, 0.3) is 10.1 Å². The molecule has 2 spiro atoms. The third-order valence-corrected chi connectivity index (χ3v) is 19.1. The molecule has 11 rings (SSSR count). The van der Waals surface area contributed by atoms with E-state index in [4.69, 9.17) is 4.74 Å². The summed E-state index contributed by atoms with van der Waals surface area (Å²) in [5, 5.41) is 25.6. The van der Waals surface area contributed by atoms with Crippen LogP contribution in [0.2, 0.25) is 0 Å². The van der Waals surface area contributed by atoms with Gasteiger partial charge in [0, 0.05) is 38.5 Å². The molecule has 7 aliphatic carbocycles. The van der Waals surface area contributed by atoms with Gasteiger partial charge in [-0.05, 0) is 105 Å². The first-order chi connectivity index (χ1) is 26.5. The molecule has 8 heteroatoms. The predicted molar refractivity (Wildman–Crippen MR) is 217 cm³/mol. The molecular formula is C48H55NO6S. The van der Waals surface area contributed by atoms with E-state index in [-0.39, 0.29) is 41.5 Å². The van der Waals surface area contributed by atoms with E-state index in [0.29, 0.717) is 38.6 Å². The number of rotatable bonds is 7. The van der Waals surface area contributed by atoms with Crippen LogP contribution in [0.4, 0.5) is 0 Å². The van der Waals surface area contributed by atoms with E-state index in [1.807, 2.05) is 74.2 Å². The van der Waals surface area contributed by atoms with Gasteiger partial charge < -0.3 is 19.8 Å². The number of thiophene rings is 1. The molecule has 8 aliphatic rings. The number of ketones is 1. The lowest BCUT2D eigenvalue weighted by Gasteiger charge is -2.71. The summed E-state index contributed by atoms with van der Waals surface area (Å²) < 4.78 is 7.26. The number of esters is 1. The summed E-state index contributed by atoms with van der Waals surface area (Å²) in [7, 11) is 0. The van der Waals surface area contributed by atoms with Gasteiger partial charge in [0.2, 0.25) is 0 Å². The molecule has 4 saturated carbocycles. The average molecular weight is 774 g/mol. The summed E-state index contributed by atoms with van der Waals surface area (Å²) >= 11 is 1.55. The highest BCUT2D eigenvalue weighted by Gasteiger charge is 2.78. The van der Waals surface area contributed by atoms with Gasteiger partial charge in [0.25, 0.3) is 5.91 Å². The molecule has 7 nitrogen and oxygen atoms in total. The number of carbonyl (C=O) groups excluding carboxylic acids is 3. The monoisotopic (exact) mass is 773 g/mol. The van der Waals surface area contributed by atoms with Crippen molar-refractivity contribution in [2.24, 2.45) is 44.3 Å². The Morgan fingerprint density at radius 3 is 2.27 bits per heavy atom. The van der Waals surface area contributed by atoms with Gasteiger partial charge in [-0.25, -0.2) is 0 Å². The van der Waals surface area contributed by atoms with E-state index in [2.05, 4.69) is 44.2 Å². The standard InChI is InChI=1S/C48H55NO6S/c1-41(2)44(5)21-24-48(41,55-40(44)53)39(52)49(28-30-11-7-6-8-12-30)29-46(54)20-17-37-43(46,4)19-16-36-42(3)18-15-32(50)26-45(42)22-23-47(36,37)33(27-45)38(51)35-25-31-13-9-10-14-34(31)56-35/h6-14,22-23,25,27,32,36-37,50,54H,15-21,24,26,28-29H2,1-5H3. The summed E-state index contributed by atoms with van der Waals surface area (Å²) in [6, 6.07) is 20.1. The van der Waals surface area contributed by atoms with Crippen LogP contribution in [0, 0.1) is 44.3 Å². The zero-order valence-electron chi connectivity index (χ0n) is 33.4. The molecule has 1 amide bonds. The van der Waals surface area contributed by atoms with Crippen molar-refractivity contribution in [2.75, 3.05) is 6.54 Å². The van der Waals surface area contributed by atoms with Crippen LogP contribution in [0.15, 0.2) is 84.5 Å². The molecule has 5 fully saturated rings. The Morgan fingerprint density at radius 2 is 1.55 bits per heavy atom. The van der Waals surface area contributed by atoms with Gasteiger partial charge >= 0.3 is 5.97 Å². The minimum atomic E-state index is -1.30. The maximum absolute atomic E-state index is 15.2. The van der Waals surface area contributed by atoms with E-state index in [1.165, 1.54) is 0 Å². The summed E-state index contributed by atoms with van der Waals surface area (Å²) in [4.78, 5) is 46.4. The zero-order chi connectivity index (χ0) is 39.3. The van der Waals surface area contributed by atoms with Crippen LogP contribution >= 0.6 is 11.3 Å². The molecule has 294 valence electrons. The van der Waals surface area contributed by atoms with Crippen molar-refractivity contribution < 1.29 is 29.3 Å². The fraction of sp³-hybridized carbons (Fsp3) is 0.562. The number of Topliss-reactive ketones (excluding diaryl/α,β-unsaturated/α-hetero) is 1. The van der Waals surface area contributed by atoms with Crippen molar-refractivity contribution in [3.8, 4) is 0 Å². The molecule has 2 heterocycles. The molecular weight excluding hydrogens is 719 g/mol. The van der Waals surface area contributed by atoms with E-state index in [0.717, 1.165) is 51.8 Å². The second-order valence-electron chi connectivity index (χ2n) is 20.1. The third kappa shape index (κ3) is 4.29. The van der Waals surface area contributed by atoms with E-state index in [9.17, 15) is 15.0 Å². The number of aliphatic hydroxyl groups is 2. The average Bonchev–Trinajstić information content (AvgIpc) is 3.83. The summed E-state index contributed by atoms with van der Waals surface area (Å²) in [5.74, 6) is -0.348. The lowest BCUT2D eigenvalue weighted by molar-refractivity contribution is -0.187. The van der Waals surface area contributed by atoms with Crippen molar-refractivity contribution in [1.82, 2.24) is 4.90 Å². The molecule has 1 aromatic heterocycles. The van der Waals surface area contributed by atoms with Crippen LogP contribution in [0.5, 0.6) is 0 Å². The maximum Gasteiger partial charge on any atom is 0.313 e. The number of hydrogen-bond donors (Lipinski definition) is 2. The molecule has 4 bridgehead atoms. The van der Waals surface area contributed by atoms with Crippen LogP contribution in [0.1, 0.15) is 108 Å². The Kier molecular flexibility index (Phi) is 7.57. The lowest BCUT2D eigenvalue weighted by Crippen LogP contribution is -2.67. The molecule has 10 atom stereocenters. The fourth-order valence-electron chi connectivity index (χ4n) is 14.1. The van der Waals surface area contributed by atoms with E-state index >= 15 is 9.59 Å². The predicted octanol–water partition coefficient (Wildman–Crippen LogP) is 8.83. The number of ether oxygens (including phenoxy) is 1. The molecule has 0 radical (unpaired) electrons. The van der Waals surface area contributed by atoms with Crippen molar-refractivity contribution in [1.29, 1.82) is 0 Å². The Morgan fingerprint density at radius 1 is 0.857 bits per heavy atom. The number of hydrogen-bond acceptors (Lipinski definition) is 7. The van der Waals surface area contributed by atoms with Gasteiger partial charge in [0.1, 0.15) is 0 Å². The topological polar surface area (TPSA) is 104 Å². The highest BCUT2D eigenvalue weighted by molar-refractivity contribution is 7.21. The number of aliphatic hydroxyl groups excluding tert-OH is 1. The van der Waals surface area contributed by atoms with E-state index < -0.39 is 44.4 Å². The van der Waals surface area contributed by atoms with Crippen LogP contribution in [0.3, 0.4) is 0 Å². The normalized spacial score (nSPS) is 42.5. The minimum Gasteiger partial charge on any atom is -0.448 e. The fourth-order valence-corrected chi connectivity index (χ4v) is 15.1. The Labute approximate surface area is 334 Å². The van der Waals surface area contributed by atoms with Gasteiger partial charge in [-0.3, -0.25) is 14.4 Å². The number of amides is 1. The summed E-state index contributed by atoms with van der Waals surface area (Å²) in [6.07, 6.45) is 12.7. The van der Waals surface area contributed by atoms with Gasteiger partial charge in [-0.2, -0.15) is 0 Å². The van der Waals surface area contributed by atoms with Crippen molar-refractivity contribution in [3.05, 3.63) is 94.9 Å². The van der Waals surface area contributed by atoms with Crippen LogP contribution in [-0.2, 0) is 20.9 Å². The van der Waals surface area contributed by atoms with Crippen LogP contribution < -0.4 is 0 Å². The largest absolute Gasteiger partial charge is 0.448 e. The number of allylic oxidation sites excluding steroid dienone is 4. The molecule has 56 heavy (non-hydrogen) atoms. The quantitative estimate of drug-likeness (QED) is 0.141. The molecule has 1 aliphatic heterocycles. The molecule has 2 N–H and O–H groups in total. The first-order valence-corrected chi connectivity index (χ1v) is 21.8. The minimum absolute atomic E-state index is 0.0519. The highest BCUT2D eigenvalue weighted by atomic mass is 32.1. The first-order valence-electron chi connectivity index (χ1n) is 20.9. The second kappa shape index (κ2) is 11.5. The summed E-state index contributed by atoms with van der Waals surface area (Å²) in [6.45, 7) is 11.0. The molecule has 1 saturated heterocycles. The van der Waals surface area contributed by atoms with Gasteiger partial charge in [-0.1, -0.05) is 94.5 Å². The molecule has 2 aromatic carbocycles.